The van der Waals surface area contributed by atoms with Crippen molar-refractivity contribution < 1.29 is 30.4 Å². The second-order valence-electron chi connectivity index (χ2n) is 4.68. The van der Waals surface area contributed by atoms with Gasteiger partial charge in [-0.25, -0.2) is 0 Å². The molecule has 0 amide bonds. The zero-order valence-corrected chi connectivity index (χ0v) is 11.0. The van der Waals surface area contributed by atoms with Gasteiger partial charge in [0.1, 0.15) is 17.2 Å². The average Bonchev–Trinajstić information content (AvgIpc) is 2.41. The highest BCUT2D eigenvalue weighted by Crippen LogP contribution is 2.39. The van der Waals surface area contributed by atoms with Crippen molar-refractivity contribution in [3.8, 4) is 17.2 Å². The van der Waals surface area contributed by atoms with Gasteiger partial charge in [-0.1, -0.05) is 0 Å². The number of hydrogen-bond donors (Lipinski definition) is 3. The van der Waals surface area contributed by atoms with E-state index >= 15 is 0 Å². The van der Waals surface area contributed by atoms with Crippen molar-refractivity contribution in [1.29, 1.82) is 0 Å². The van der Waals surface area contributed by atoms with Crippen molar-refractivity contribution in [3.05, 3.63) is 52.1 Å². The van der Waals surface area contributed by atoms with E-state index in [2.05, 4.69) is 0 Å². The summed E-state index contributed by atoms with van der Waals surface area (Å²) in [6.45, 7) is 1.45. The van der Waals surface area contributed by atoms with Crippen LogP contribution < -0.4 is 0 Å². The molecule has 0 unspecified atom stereocenters. The van der Waals surface area contributed by atoms with E-state index in [1.54, 1.807) is 0 Å². The number of benzene rings is 2. The van der Waals surface area contributed by atoms with E-state index in [0.29, 0.717) is 0 Å². The normalized spacial score (nSPS) is 12.4. The van der Waals surface area contributed by atoms with Crippen LogP contribution in [0.3, 0.4) is 0 Å². The smallest absolute Gasteiger partial charge is 0.198 e. The highest BCUT2D eigenvalue weighted by atomic mass is 16.3. The fourth-order valence-electron chi connectivity index (χ4n) is 2.36. The number of phenols is 3. The number of carbonyl (C=O) groups is 2. The topological polar surface area (TPSA) is 126 Å². The average molecular weight is 288 g/mol. The Kier molecular flexibility index (Phi) is 3.19. The second kappa shape index (κ2) is 4.60. The maximum absolute atomic E-state index is 12.4. The van der Waals surface area contributed by atoms with E-state index in [-0.39, 0.29) is 44.8 Å². The largest absolute Gasteiger partial charge is 0.508 e. The molecule has 2 aromatic rings. The summed E-state index contributed by atoms with van der Waals surface area (Å²) in [5.41, 5.74) is 0.162. The Morgan fingerprint density at radius 1 is 0.857 bits per heavy atom. The molecule has 21 heavy (non-hydrogen) atoms. The molecule has 0 aromatic heterocycles. The molecule has 0 aliphatic heterocycles. The van der Waals surface area contributed by atoms with Crippen LogP contribution in [-0.4, -0.2) is 32.4 Å². The van der Waals surface area contributed by atoms with Gasteiger partial charge in [0.15, 0.2) is 11.6 Å². The van der Waals surface area contributed by atoms with Crippen LogP contribution in [0, 0.1) is 6.92 Å². The molecule has 108 valence electrons. The SMILES string of the molecule is Cc1c(O)cc2c(c1O)C(=O)c1ccc(O)cc1C2=O.O. The lowest BCUT2D eigenvalue weighted by Gasteiger charge is -2.20. The van der Waals surface area contributed by atoms with Crippen LogP contribution in [0.5, 0.6) is 17.2 Å². The number of phenolic OH excluding ortho intramolecular Hbond substituents is 3. The fraction of sp³-hybridized carbons (Fsp3) is 0.0667. The Labute approximate surface area is 119 Å². The third-order valence-corrected chi connectivity index (χ3v) is 3.49. The van der Waals surface area contributed by atoms with Gasteiger partial charge in [-0.15, -0.1) is 0 Å². The Balaban J connectivity index is 0.00000161. The number of fused-ring (bicyclic) bond motifs is 2. The van der Waals surface area contributed by atoms with E-state index in [9.17, 15) is 24.9 Å². The number of carbonyl (C=O) groups excluding carboxylic acids is 2. The minimum absolute atomic E-state index is 0. The summed E-state index contributed by atoms with van der Waals surface area (Å²) in [6.07, 6.45) is 0. The Bertz CT molecular complexity index is 791. The highest BCUT2D eigenvalue weighted by Gasteiger charge is 2.33. The first-order valence-corrected chi connectivity index (χ1v) is 5.89. The van der Waals surface area contributed by atoms with E-state index < -0.39 is 17.3 Å². The molecule has 0 atom stereocenters. The van der Waals surface area contributed by atoms with Gasteiger partial charge in [-0.05, 0) is 31.2 Å². The molecule has 0 heterocycles. The standard InChI is InChI=1S/C15H10O5.H2O/c1-6-11(17)5-10-12(13(6)18)15(20)8-3-2-7(16)4-9(8)14(10)19;/h2-5,16-18H,1H3;1H2. The molecule has 5 N–H and O–H groups in total. The quantitative estimate of drug-likeness (QED) is 0.570. The van der Waals surface area contributed by atoms with Crippen molar-refractivity contribution in [2.24, 2.45) is 0 Å². The summed E-state index contributed by atoms with van der Waals surface area (Å²) in [6, 6.07) is 5.01. The molecule has 1 aliphatic rings. The molecule has 0 saturated carbocycles. The predicted molar refractivity (Wildman–Crippen MR) is 73.1 cm³/mol. The monoisotopic (exact) mass is 288 g/mol. The molecule has 2 aromatic carbocycles. The van der Waals surface area contributed by atoms with Crippen LogP contribution in [0.4, 0.5) is 0 Å². The number of rotatable bonds is 0. The first-order chi connectivity index (χ1) is 9.41. The zero-order chi connectivity index (χ0) is 14.6. The van der Waals surface area contributed by atoms with E-state index in [1.165, 1.54) is 25.1 Å². The lowest BCUT2D eigenvalue weighted by atomic mass is 9.82. The van der Waals surface area contributed by atoms with Crippen LogP contribution >= 0.6 is 0 Å². The van der Waals surface area contributed by atoms with Gasteiger partial charge in [0.05, 0.1) is 5.56 Å². The summed E-state index contributed by atoms with van der Waals surface area (Å²) in [5.74, 6) is -1.80. The van der Waals surface area contributed by atoms with Crippen molar-refractivity contribution in [2.75, 3.05) is 0 Å². The first kappa shape index (κ1) is 14.5. The molecule has 0 fully saturated rings. The minimum Gasteiger partial charge on any atom is -0.508 e. The van der Waals surface area contributed by atoms with Gasteiger partial charge in [-0.2, -0.15) is 0 Å². The second-order valence-corrected chi connectivity index (χ2v) is 4.68. The lowest BCUT2D eigenvalue weighted by molar-refractivity contribution is 0.0976. The van der Waals surface area contributed by atoms with Crippen LogP contribution in [0.2, 0.25) is 0 Å². The molecule has 3 rings (SSSR count). The maximum Gasteiger partial charge on any atom is 0.198 e. The molecule has 6 heteroatoms. The maximum atomic E-state index is 12.4. The molecule has 0 bridgehead atoms. The van der Waals surface area contributed by atoms with Crippen molar-refractivity contribution in [1.82, 2.24) is 0 Å². The van der Waals surface area contributed by atoms with Gasteiger partial charge in [0.25, 0.3) is 0 Å². The highest BCUT2D eigenvalue weighted by molar-refractivity contribution is 6.29. The molecular weight excluding hydrogens is 276 g/mol. The van der Waals surface area contributed by atoms with Gasteiger partial charge < -0.3 is 20.8 Å². The van der Waals surface area contributed by atoms with Crippen molar-refractivity contribution in [3.63, 3.8) is 0 Å². The first-order valence-electron chi connectivity index (χ1n) is 5.89. The Morgan fingerprint density at radius 3 is 2.19 bits per heavy atom. The van der Waals surface area contributed by atoms with Crippen molar-refractivity contribution >= 4 is 11.6 Å². The molecule has 0 saturated heterocycles. The van der Waals surface area contributed by atoms with Crippen LogP contribution in [0.1, 0.15) is 37.4 Å². The minimum atomic E-state index is -0.517. The summed E-state index contributed by atoms with van der Waals surface area (Å²) < 4.78 is 0. The fourth-order valence-corrected chi connectivity index (χ4v) is 2.36. The van der Waals surface area contributed by atoms with Gasteiger partial charge in [0, 0.05) is 22.3 Å². The van der Waals surface area contributed by atoms with Gasteiger partial charge >= 0.3 is 0 Å². The number of aromatic hydroxyl groups is 3. The van der Waals surface area contributed by atoms with Gasteiger partial charge in [-0.3, -0.25) is 9.59 Å². The van der Waals surface area contributed by atoms with Crippen molar-refractivity contribution in [2.45, 2.75) is 6.92 Å². The van der Waals surface area contributed by atoms with Crippen LogP contribution in [0.25, 0.3) is 0 Å². The third kappa shape index (κ3) is 1.85. The van der Waals surface area contributed by atoms with Crippen LogP contribution in [0.15, 0.2) is 24.3 Å². The molecule has 1 aliphatic carbocycles. The molecule has 0 spiro atoms. The van der Waals surface area contributed by atoms with E-state index in [4.69, 9.17) is 0 Å². The van der Waals surface area contributed by atoms with Crippen LogP contribution in [-0.2, 0) is 0 Å². The van der Waals surface area contributed by atoms with E-state index in [0.717, 1.165) is 6.07 Å². The summed E-state index contributed by atoms with van der Waals surface area (Å²) in [5, 5.41) is 29.1. The van der Waals surface area contributed by atoms with Gasteiger partial charge in [0.2, 0.25) is 0 Å². The molecular formula is C15H12O6. The lowest BCUT2D eigenvalue weighted by Crippen LogP contribution is -2.21. The number of hydrogen-bond acceptors (Lipinski definition) is 5. The number of ketones is 2. The Morgan fingerprint density at radius 2 is 1.52 bits per heavy atom. The predicted octanol–water partition coefficient (Wildman–Crippen LogP) is 1.06. The molecule has 0 radical (unpaired) electrons. The Hall–Kier alpha value is -2.86. The molecule has 6 nitrogen and oxygen atoms in total. The van der Waals surface area contributed by atoms with E-state index in [1.807, 2.05) is 0 Å². The zero-order valence-electron chi connectivity index (χ0n) is 11.0. The summed E-state index contributed by atoms with van der Waals surface area (Å²) in [7, 11) is 0. The third-order valence-electron chi connectivity index (χ3n) is 3.49. The summed E-state index contributed by atoms with van der Waals surface area (Å²) >= 11 is 0. The summed E-state index contributed by atoms with van der Waals surface area (Å²) in [4.78, 5) is 24.7.